The van der Waals surface area contributed by atoms with Crippen LogP contribution in [-0.2, 0) is 4.74 Å². The van der Waals surface area contributed by atoms with Gasteiger partial charge >= 0.3 is 6.09 Å². The maximum absolute atomic E-state index is 12.2. The fourth-order valence-electron chi connectivity index (χ4n) is 1.18. The number of quaternary nitrogens is 1. The number of carbonyl (C=O) groups excluding carboxylic acids is 1. The van der Waals surface area contributed by atoms with Gasteiger partial charge in [0, 0.05) is 0 Å². The zero-order valence-electron chi connectivity index (χ0n) is 12.2. The molecule has 0 aliphatic heterocycles. The highest BCUT2D eigenvalue weighted by atomic mass is 16.6. The first-order valence-corrected chi connectivity index (χ1v) is 6.05. The zero-order chi connectivity index (χ0) is 13.9. The molecule has 100 valence electrons. The molecule has 1 atom stereocenters. The number of carbonyl (C=O) groups is 1. The third kappa shape index (κ3) is 3.82. The van der Waals surface area contributed by atoms with Gasteiger partial charge in [-0.1, -0.05) is 6.92 Å². The van der Waals surface area contributed by atoms with E-state index in [4.69, 9.17) is 10.6 Å². The van der Waals surface area contributed by atoms with Crippen molar-refractivity contribution >= 4 is 6.09 Å². The summed E-state index contributed by atoms with van der Waals surface area (Å²) in [6.07, 6.45) is 3.75. The van der Waals surface area contributed by atoms with Crippen LogP contribution in [0.15, 0.2) is 12.3 Å². The van der Waals surface area contributed by atoms with E-state index in [2.05, 4.69) is 0 Å². The minimum Gasteiger partial charge on any atom is -0.412 e. The van der Waals surface area contributed by atoms with Gasteiger partial charge in [-0.05, 0) is 54.0 Å². The Labute approximate surface area is 105 Å². The van der Waals surface area contributed by atoms with Crippen LogP contribution in [0.3, 0.4) is 0 Å². The SMILES string of the molecule is C/C=C\[N+](N)(C(=O)OC(C)(C)CC)C(C)(C)C. The molecule has 0 rings (SSSR count). The van der Waals surface area contributed by atoms with Gasteiger partial charge < -0.3 is 4.74 Å². The Morgan fingerprint density at radius 3 is 2.06 bits per heavy atom. The predicted molar refractivity (Wildman–Crippen MR) is 69.9 cm³/mol. The summed E-state index contributed by atoms with van der Waals surface area (Å²) in [6.45, 7) is 13.3. The van der Waals surface area contributed by atoms with Crippen LogP contribution in [0.25, 0.3) is 0 Å². The second kappa shape index (κ2) is 5.19. The molecule has 0 aliphatic carbocycles. The van der Waals surface area contributed by atoms with Gasteiger partial charge in [-0.25, -0.2) is 0 Å². The normalized spacial score (nSPS) is 16.9. The molecule has 17 heavy (non-hydrogen) atoms. The van der Waals surface area contributed by atoms with Crippen molar-refractivity contribution in [1.82, 2.24) is 0 Å². The molecule has 0 fully saturated rings. The molecule has 0 spiro atoms. The molecule has 0 aromatic heterocycles. The lowest BCUT2D eigenvalue weighted by Crippen LogP contribution is -2.65. The lowest BCUT2D eigenvalue weighted by molar-refractivity contribution is -0.868. The van der Waals surface area contributed by atoms with Crippen molar-refractivity contribution in [2.75, 3.05) is 0 Å². The van der Waals surface area contributed by atoms with Crippen LogP contribution < -0.4 is 5.84 Å². The molecule has 2 N–H and O–H groups in total. The van der Waals surface area contributed by atoms with Gasteiger partial charge in [0.15, 0.2) is 0 Å². The molecule has 0 aliphatic rings. The summed E-state index contributed by atoms with van der Waals surface area (Å²) in [5, 5.41) is 0. The number of ether oxygens (including phenoxy) is 1. The number of amides is 1. The van der Waals surface area contributed by atoms with Crippen molar-refractivity contribution < 1.29 is 14.1 Å². The van der Waals surface area contributed by atoms with E-state index in [-0.39, 0.29) is 4.59 Å². The topological polar surface area (TPSA) is 52.3 Å². The van der Waals surface area contributed by atoms with Crippen LogP contribution in [0.2, 0.25) is 0 Å². The molecule has 0 saturated heterocycles. The molecule has 0 saturated carbocycles. The Kier molecular flexibility index (Phi) is 4.92. The highest BCUT2D eigenvalue weighted by Crippen LogP contribution is 2.25. The summed E-state index contributed by atoms with van der Waals surface area (Å²) in [4.78, 5) is 12.2. The highest BCUT2D eigenvalue weighted by Gasteiger charge is 2.47. The molecule has 4 nitrogen and oxygen atoms in total. The van der Waals surface area contributed by atoms with Gasteiger partial charge in [0.2, 0.25) is 0 Å². The molecular formula is C13H27N2O2+. The summed E-state index contributed by atoms with van der Waals surface area (Å²) in [5.74, 6) is 6.17. The van der Waals surface area contributed by atoms with Crippen LogP contribution in [0.5, 0.6) is 0 Å². The smallest absolute Gasteiger partial charge is 0.412 e. The van der Waals surface area contributed by atoms with Gasteiger partial charge in [-0.3, -0.25) is 0 Å². The summed E-state index contributed by atoms with van der Waals surface area (Å²) >= 11 is 0. The Balaban J connectivity index is 5.18. The van der Waals surface area contributed by atoms with Gasteiger partial charge in [0.05, 0.1) is 0 Å². The van der Waals surface area contributed by atoms with E-state index in [0.29, 0.717) is 0 Å². The molecule has 1 amide bonds. The van der Waals surface area contributed by atoms with E-state index in [1.807, 2.05) is 48.5 Å². The van der Waals surface area contributed by atoms with E-state index < -0.39 is 17.2 Å². The number of rotatable bonds is 3. The largest absolute Gasteiger partial charge is 0.541 e. The van der Waals surface area contributed by atoms with Crippen LogP contribution in [0, 0.1) is 0 Å². The summed E-state index contributed by atoms with van der Waals surface area (Å²) in [7, 11) is 0. The van der Waals surface area contributed by atoms with Crippen LogP contribution in [0.4, 0.5) is 4.79 Å². The van der Waals surface area contributed by atoms with Crippen molar-refractivity contribution in [1.29, 1.82) is 0 Å². The van der Waals surface area contributed by atoms with Crippen molar-refractivity contribution in [2.45, 2.75) is 66.0 Å². The lowest BCUT2D eigenvalue weighted by atomic mass is 10.1. The number of nitrogens with two attached hydrogens (primary N) is 1. The van der Waals surface area contributed by atoms with E-state index in [1.165, 1.54) is 0 Å². The second-order valence-electron chi connectivity index (χ2n) is 5.91. The molecule has 0 aromatic rings. The third-order valence-electron chi connectivity index (χ3n) is 3.01. The van der Waals surface area contributed by atoms with Gasteiger partial charge in [-0.15, -0.1) is 4.59 Å². The Bertz CT molecular complexity index is 303. The van der Waals surface area contributed by atoms with Crippen LogP contribution >= 0.6 is 0 Å². The van der Waals surface area contributed by atoms with Gasteiger partial charge in [0.1, 0.15) is 17.3 Å². The minimum atomic E-state index is -0.493. The first-order chi connectivity index (χ1) is 7.50. The van der Waals surface area contributed by atoms with E-state index >= 15 is 0 Å². The van der Waals surface area contributed by atoms with Crippen molar-refractivity contribution in [3.63, 3.8) is 0 Å². The van der Waals surface area contributed by atoms with E-state index in [0.717, 1.165) is 6.42 Å². The molecule has 0 bridgehead atoms. The number of allylic oxidation sites excluding steroid dienone is 1. The van der Waals surface area contributed by atoms with Crippen molar-refractivity contribution in [2.24, 2.45) is 5.84 Å². The van der Waals surface area contributed by atoms with Crippen molar-refractivity contribution in [3.05, 3.63) is 12.3 Å². The average Bonchev–Trinajstić information content (AvgIpc) is 2.15. The summed E-state index contributed by atoms with van der Waals surface area (Å²) in [6, 6.07) is 0. The minimum absolute atomic E-state index is 0.354. The molecular weight excluding hydrogens is 216 g/mol. The summed E-state index contributed by atoms with van der Waals surface area (Å²) < 4.78 is 5.13. The molecule has 0 heterocycles. The fraction of sp³-hybridized carbons (Fsp3) is 0.769. The van der Waals surface area contributed by atoms with Crippen molar-refractivity contribution in [3.8, 4) is 0 Å². The monoisotopic (exact) mass is 243 g/mol. The number of nitrogens with zero attached hydrogens (tertiary/aromatic N) is 1. The highest BCUT2D eigenvalue weighted by molar-refractivity contribution is 5.61. The number of hydrogen-bond acceptors (Lipinski definition) is 3. The maximum Gasteiger partial charge on any atom is 0.541 e. The standard InChI is InChI=1S/C13H27N2O2/c1-8-10-15(14,12(3,4)5)11(16)17-13(6,7)9-2/h8,10H,9,14H2,1-7H3/q+1/b10-8-. The van der Waals surface area contributed by atoms with Crippen LogP contribution in [0.1, 0.15) is 54.9 Å². The predicted octanol–water partition coefficient (Wildman–Crippen LogP) is 3.33. The fourth-order valence-corrected chi connectivity index (χ4v) is 1.18. The third-order valence-corrected chi connectivity index (χ3v) is 3.01. The molecule has 0 aromatic carbocycles. The Hall–Kier alpha value is -0.870. The van der Waals surface area contributed by atoms with Crippen LogP contribution in [-0.4, -0.2) is 21.8 Å². The Morgan fingerprint density at radius 1 is 1.29 bits per heavy atom. The first kappa shape index (κ1) is 16.1. The average molecular weight is 243 g/mol. The Morgan fingerprint density at radius 2 is 1.76 bits per heavy atom. The second-order valence-corrected chi connectivity index (χ2v) is 5.91. The van der Waals surface area contributed by atoms with E-state index in [1.54, 1.807) is 12.3 Å². The zero-order valence-corrected chi connectivity index (χ0v) is 12.2. The quantitative estimate of drug-likeness (QED) is 0.358. The van der Waals surface area contributed by atoms with Gasteiger partial charge in [-0.2, -0.15) is 10.6 Å². The first-order valence-electron chi connectivity index (χ1n) is 6.05. The summed E-state index contributed by atoms with van der Waals surface area (Å²) in [5.41, 5.74) is -0.944. The lowest BCUT2D eigenvalue weighted by Gasteiger charge is -2.38. The van der Waals surface area contributed by atoms with Gasteiger partial charge in [0.25, 0.3) is 0 Å². The molecule has 1 unspecified atom stereocenters. The number of hydrogen-bond donors (Lipinski definition) is 1. The molecule has 4 heteroatoms. The maximum atomic E-state index is 12.2. The van der Waals surface area contributed by atoms with E-state index in [9.17, 15) is 4.79 Å². The molecule has 0 radical (unpaired) electrons.